The van der Waals surface area contributed by atoms with Crippen molar-refractivity contribution in [3.63, 3.8) is 0 Å². The van der Waals surface area contributed by atoms with Crippen molar-refractivity contribution in [1.82, 2.24) is 19.6 Å². The van der Waals surface area contributed by atoms with Crippen LogP contribution in [0.4, 0.5) is 10.2 Å². The van der Waals surface area contributed by atoms with Crippen molar-refractivity contribution in [2.24, 2.45) is 5.92 Å². The monoisotopic (exact) mass is 417 g/mol. The van der Waals surface area contributed by atoms with Crippen LogP contribution in [0.1, 0.15) is 45.4 Å². The number of alkyl halides is 1. The van der Waals surface area contributed by atoms with E-state index in [1.54, 1.807) is 25.6 Å². The lowest BCUT2D eigenvalue weighted by atomic mass is 10.0. The zero-order valence-corrected chi connectivity index (χ0v) is 18.2. The highest BCUT2D eigenvalue weighted by Crippen LogP contribution is 2.25. The molecule has 1 aromatic carbocycles. The predicted octanol–water partition coefficient (Wildman–Crippen LogP) is 4.84. The van der Waals surface area contributed by atoms with Crippen LogP contribution in [-0.4, -0.2) is 44.3 Å². The summed E-state index contributed by atoms with van der Waals surface area (Å²) in [6.07, 6.45) is 3.44. The van der Waals surface area contributed by atoms with Crippen molar-refractivity contribution in [2.45, 2.75) is 57.5 Å². The highest BCUT2D eigenvalue weighted by atomic mass is 32.2. The van der Waals surface area contributed by atoms with Crippen molar-refractivity contribution in [2.75, 3.05) is 18.1 Å². The summed E-state index contributed by atoms with van der Waals surface area (Å²) in [5.74, 6) is 0.992. The number of nitrogens with one attached hydrogen (secondary N) is 1. The van der Waals surface area contributed by atoms with E-state index < -0.39 is 6.17 Å². The maximum Gasteiger partial charge on any atom is 0.204 e. The van der Waals surface area contributed by atoms with Gasteiger partial charge in [0.2, 0.25) is 5.65 Å². The molecule has 0 unspecified atom stereocenters. The van der Waals surface area contributed by atoms with Crippen LogP contribution in [0.3, 0.4) is 0 Å². The normalized spacial score (nSPS) is 12.8. The first kappa shape index (κ1) is 21.5. The number of nitrogens with zero attached hydrogens (tertiary/aromatic N) is 4. The third-order valence-electron chi connectivity index (χ3n) is 4.98. The van der Waals surface area contributed by atoms with Crippen LogP contribution in [0.5, 0.6) is 0 Å². The Morgan fingerprint density at radius 3 is 2.76 bits per heavy atom. The number of ketones is 1. The quantitative estimate of drug-likeness (QED) is 0.376. The molecule has 156 valence electrons. The molecule has 0 saturated heterocycles. The molecule has 0 aliphatic carbocycles. The molecule has 1 atom stereocenters. The third-order valence-corrected chi connectivity index (χ3v) is 5.70. The summed E-state index contributed by atoms with van der Waals surface area (Å²) in [7, 11) is 0. The Labute approximate surface area is 174 Å². The standard InChI is InChI=1S/C21H28FN5OS/c1-13(2)19(22)18(28)8-6-5-7-11-23-20-21-26-25-14(3)27(21)17-10-9-15(29-4)12-16(17)24-20/h9-10,12-13,19H,5-8,11H2,1-4H3,(H,23,24)/t19-/m0/s1. The van der Waals surface area contributed by atoms with Crippen LogP contribution in [0.25, 0.3) is 16.7 Å². The summed E-state index contributed by atoms with van der Waals surface area (Å²) in [5, 5.41) is 11.9. The van der Waals surface area contributed by atoms with E-state index in [2.05, 4.69) is 27.6 Å². The van der Waals surface area contributed by atoms with Gasteiger partial charge in [0.1, 0.15) is 5.82 Å². The number of rotatable bonds is 10. The van der Waals surface area contributed by atoms with Crippen molar-refractivity contribution in [1.29, 1.82) is 0 Å². The molecule has 1 N–H and O–H groups in total. The molecule has 0 aliphatic heterocycles. The van der Waals surface area contributed by atoms with Gasteiger partial charge in [-0.1, -0.05) is 20.3 Å². The van der Waals surface area contributed by atoms with E-state index >= 15 is 0 Å². The molecule has 0 aliphatic rings. The topological polar surface area (TPSA) is 72.2 Å². The second-order valence-electron chi connectivity index (χ2n) is 7.57. The number of fused-ring (bicyclic) bond motifs is 3. The zero-order chi connectivity index (χ0) is 21.0. The minimum Gasteiger partial charge on any atom is -0.367 e. The maximum absolute atomic E-state index is 13.7. The largest absolute Gasteiger partial charge is 0.367 e. The molecular formula is C21H28FN5OS. The molecule has 8 heteroatoms. The van der Waals surface area contributed by atoms with E-state index in [0.717, 1.165) is 34.6 Å². The van der Waals surface area contributed by atoms with Gasteiger partial charge in [-0.15, -0.1) is 22.0 Å². The van der Waals surface area contributed by atoms with Gasteiger partial charge in [0.05, 0.1) is 11.0 Å². The van der Waals surface area contributed by atoms with Crippen LogP contribution in [0.15, 0.2) is 23.1 Å². The number of aryl methyl sites for hydroxylation is 1. The van der Waals surface area contributed by atoms with Crippen molar-refractivity contribution >= 4 is 40.0 Å². The summed E-state index contributed by atoms with van der Waals surface area (Å²) < 4.78 is 15.7. The number of hydrogen-bond donors (Lipinski definition) is 1. The smallest absolute Gasteiger partial charge is 0.204 e. The van der Waals surface area contributed by atoms with E-state index in [1.807, 2.05) is 23.6 Å². The van der Waals surface area contributed by atoms with Crippen LogP contribution >= 0.6 is 11.8 Å². The van der Waals surface area contributed by atoms with Gasteiger partial charge in [0, 0.05) is 17.9 Å². The maximum atomic E-state index is 13.7. The molecule has 0 amide bonds. The molecule has 29 heavy (non-hydrogen) atoms. The highest BCUT2D eigenvalue weighted by molar-refractivity contribution is 7.98. The molecule has 0 spiro atoms. The molecule has 0 fully saturated rings. The van der Waals surface area contributed by atoms with Gasteiger partial charge in [0.15, 0.2) is 17.8 Å². The SMILES string of the molecule is CSc1ccc2c(c1)nc(NCCCCCC(=O)[C@@H](F)C(C)C)c1nnc(C)n12. The highest BCUT2D eigenvalue weighted by Gasteiger charge is 2.20. The number of carbonyl (C=O) groups excluding carboxylic acids is 1. The molecule has 3 aromatic rings. The molecule has 0 radical (unpaired) electrons. The van der Waals surface area contributed by atoms with Gasteiger partial charge >= 0.3 is 0 Å². The first-order valence-corrected chi connectivity index (χ1v) is 11.2. The number of halogens is 1. The van der Waals surface area contributed by atoms with E-state index in [-0.39, 0.29) is 11.7 Å². The summed E-state index contributed by atoms with van der Waals surface area (Å²) in [6, 6.07) is 6.19. The Kier molecular flexibility index (Phi) is 7.05. The molecular weight excluding hydrogens is 389 g/mol. The number of benzene rings is 1. The number of Topliss-reactive ketones (excluding diaryl/α,β-unsaturated/α-hetero) is 1. The van der Waals surface area contributed by atoms with Crippen LogP contribution < -0.4 is 5.32 Å². The van der Waals surface area contributed by atoms with Crippen molar-refractivity contribution < 1.29 is 9.18 Å². The summed E-state index contributed by atoms with van der Waals surface area (Å²) >= 11 is 1.68. The second kappa shape index (κ2) is 9.52. The lowest BCUT2D eigenvalue weighted by Crippen LogP contribution is -2.21. The third kappa shape index (κ3) is 4.86. The number of hydrogen-bond acceptors (Lipinski definition) is 6. The van der Waals surface area contributed by atoms with E-state index in [9.17, 15) is 9.18 Å². The Balaban J connectivity index is 1.63. The van der Waals surface area contributed by atoms with Gasteiger partial charge < -0.3 is 5.32 Å². The first-order chi connectivity index (χ1) is 13.9. The van der Waals surface area contributed by atoms with E-state index in [1.165, 1.54) is 0 Å². The molecule has 3 rings (SSSR count). The lowest BCUT2D eigenvalue weighted by molar-refractivity contribution is -0.125. The van der Waals surface area contributed by atoms with Gasteiger partial charge in [-0.2, -0.15) is 0 Å². The summed E-state index contributed by atoms with van der Waals surface area (Å²) in [6.45, 7) is 6.11. The van der Waals surface area contributed by atoms with Crippen LogP contribution in [0.2, 0.25) is 0 Å². The average molecular weight is 418 g/mol. The minimum absolute atomic E-state index is 0.246. The Hall–Kier alpha value is -2.22. The first-order valence-electron chi connectivity index (χ1n) is 10.0. The van der Waals surface area contributed by atoms with Gasteiger partial charge in [0.25, 0.3) is 0 Å². The van der Waals surface area contributed by atoms with E-state index in [0.29, 0.717) is 30.9 Å². The van der Waals surface area contributed by atoms with Gasteiger partial charge in [-0.05, 0) is 50.1 Å². The number of thioether (sulfide) groups is 1. The Morgan fingerprint density at radius 2 is 2.03 bits per heavy atom. The molecule has 0 saturated carbocycles. The van der Waals surface area contributed by atoms with Crippen molar-refractivity contribution in [3.8, 4) is 0 Å². The molecule has 2 heterocycles. The van der Waals surface area contributed by atoms with E-state index in [4.69, 9.17) is 4.98 Å². The fourth-order valence-corrected chi connectivity index (χ4v) is 3.75. The fourth-order valence-electron chi connectivity index (χ4n) is 3.32. The number of carbonyl (C=O) groups is 1. The number of aromatic nitrogens is 4. The van der Waals surface area contributed by atoms with Gasteiger partial charge in [-0.3, -0.25) is 9.20 Å². The van der Waals surface area contributed by atoms with Crippen LogP contribution in [-0.2, 0) is 4.79 Å². The fraction of sp³-hybridized carbons (Fsp3) is 0.524. The average Bonchev–Trinajstić information content (AvgIpc) is 3.11. The molecule has 2 aromatic heterocycles. The minimum atomic E-state index is -1.34. The zero-order valence-electron chi connectivity index (χ0n) is 17.4. The summed E-state index contributed by atoms with van der Waals surface area (Å²) in [5.41, 5.74) is 2.58. The Bertz CT molecular complexity index is 1000. The van der Waals surface area contributed by atoms with Gasteiger partial charge in [-0.25, -0.2) is 9.37 Å². The predicted molar refractivity (Wildman–Crippen MR) is 117 cm³/mol. The number of anilines is 1. The number of unbranched alkanes of at least 4 members (excludes halogenated alkanes) is 2. The molecule has 6 nitrogen and oxygen atoms in total. The van der Waals surface area contributed by atoms with Crippen molar-refractivity contribution in [3.05, 3.63) is 24.0 Å². The second-order valence-corrected chi connectivity index (χ2v) is 8.45. The Morgan fingerprint density at radius 1 is 1.24 bits per heavy atom. The summed E-state index contributed by atoms with van der Waals surface area (Å²) in [4.78, 5) is 17.7. The lowest BCUT2D eigenvalue weighted by Gasteiger charge is -2.11. The molecule has 0 bridgehead atoms. The van der Waals surface area contributed by atoms with Crippen LogP contribution in [0, 0.1) is 12.8 Å².